The van der Waals surface area contributed by atoms with Crippen molar-refractivity contribution in [3.63, 3.8) is 0 Å². The van der Waals surface area contributed by atoms with Gasteiger partial charge in [-0.2, -0.15) is 0 Å². The molecule has 0 aliphatic heterocycles. The molecular weight excluding hydrogens is 464 g/mol. The van der Waals surface area contributed by atoms with Gasteiger partial charge in [0, 0.05) is 21.7 Å². The third-order valence-corrected chi connectivity index (χ3v) is 7.66. The number of hydrogen-bond donors (Lipinski definition) is 0. The molecule has 0 amide bonds. The Balaban J connectivity index is 1.40. The minimum Gasteiger partial charge on any atom is -0.292 e. The lowest BCUT2D eigenvalue weighted by molar-refractivity contribution is 0.0990. The van der Waals surface area contributed by atoms with E-state index in [0.717, 1.165) is 37.2 Å². The van der Waals surface area contributed by atoms with Crippen molar-refractivity contribution in [3.05, 3.63) is 126 Å². The van der Waals surface area contributed by atoms with Crippen LogP contribution in [0.3, 0.4) is 0 Å². The number of carbonyl (C=O) groups is 2. The van der Waals surface area contributed by atoms with Crippen molar-refractivity contribution in [1.82, 2.24) is 9.55 Å². The number of carbonyl (C=O) groups excluding carboxylic acids is 2. The fourth-order valence-electron chi connectivity index (χ4n) is 4.85. The van der Waals surface area contributed by atoms with Crippen LogP contribution in [0, 0.1) is 0 Å². The Labute approximate surface area is 210 Å². The molecule has 1 aliphatic carbocycles. The van der Waals surface area contributed by atoms with E-state index in [1.807, 2.05) is 89.5 Å². The molecule has 6 aromatic rings. The fourth-order valence-corrected chi connectivity index (χ4v) is 5.88. The summed E-state index contributed by atoms with van der Waals surface area (Å²) >= 11 is 1.60. The molecule has 0 saturated carbocycles. The average molecular weight is 483 g/mol. The van der Waals surface area contributed by atoms with Gasteiger partial charge in [-0.1, -0.05) is 72.8 Å². The number of thiophene rings is 1. The molecule has 4 nitrogen and oxygen atoms in total. The highest BCUT2D eigenvalue weighted by Gasteiger charge is 2.34. The third-order valence-electron chi connectivity index (χ3n) is 6.59. The van der Waals surface area contributed by atoms with Crippen molar-refractivity contribution in [2.75, 3.05) is 0 Å². The molecule has 7 rings (SSSR count). The number of rotatable bonds is 3. The molecule has 4 aromatic carbocycles. The number of imidazole rings is 1. The van der Waals surface area contributed by atoms with Crippen molar-refractivity contribution in [2.24, 2.45) is 0 Å². The lowest BCUT2D eigenvalue weighted by Crippen LogP contribution is -2.03. The van der Waals surface area contributed by atoms with E-state index in [0.29, 0.717) is 17.0 Å². The van der Waals surface area contributed by atoms with Crippen molar-refractivity contribution >= 4 is 50.1 Å². The number of ketones is 2. The summed E-state index contributed by atoms with van der Waals surface area (Å²) in [6.45, 7) is 0. The Kier molecular flexibility index (Phi) is 4.59. The number of nitrogens with zero attached hydrogens (tertiary/aromatic N) is 2. The summed E-state index contributed by atoms with van der Waals surface area (Å²) < 4.78 is 2.02. The van der Waals surface area contributed by atoms with E-state index in [9.17, 15) is 9.59 Å². The van der Waals surface area contributed by atoms with Crippen molar-refractivity contribution < 1.29 is 9.59 Å². The smallest absolute Gasteiger partial charge is 0.197 e. The first-order valence-electron chi connectivity index (χ1n) is 11.6. The fraction of sp³-hybridized carbons (Fsp3) is 0. The zero-order valence-corrected chi connectivity index (χ0v) is 19.8. The molecule has 0 N–H and O–H groups in total. The summed E-state index contributed by atoms with van der Waals surface area (Å²) in [5.74, 6) is 0.0597. The van der Waals surface area contributed by atoms with Gasteiger partial charge in [0.05, 0.1) is 11.1 Å². The largest absolute Gasteiger partial charge is 0.292 e. The molecule has 1 aliphatic rings. The second-order valence-corrected chi connectivity index (χ2v) is 9.80. The molecule has 36 heavy (non-hydrogen) atoms. The van der Waals surface area contributed by atoms with E-state index in [4.69, 9.17) is 4.98 Å². The maximum absolute atomic E-state index is 13.4. The normalized spacial score (nSPS) is 13.1. The molecule has 170 valence electrons. The Hall–Kier alpha value is -4.61. The molecule has 2 aromatic heterocycles. The summed E-state index contributed by atoms with van der Waals surface area (Å²) in [5.41, 5.74) is 4.05. The van der Waals surface area contributed by atoms with E-state index < -0.39 is 0 Å². The average Bonchev–Trinajstić information content (AvgIpc) is 3.55. The van der Waals surface area contributed by atoms with Gasteiger partial charge in [-0.3, -0.25) is 14.2 Å². The second kappa shape index (κ2) is 7.97. The molecule has 0 fully saturated rings. The minimum absolute atomic E-state index is 0.151. The minimum atomic E-state index is -0.253. The first kappa shape index (κ1) is 20.7. The zero-order valence-electron chi connectivity index (χ0n) is 19.0. The van der Waals surface area contributed by atoms with E-state index in [1.54, 1.807) is 17.4 Å². The first-order chi connectivity index (χ1) is 17.7. The van der Waals surface area contributed by atoms with Gasteiger partial charge in [0.25, 0.3) is 0 Å². The standard InChI is InChI=1S/C31H18N2O2S/c34-29-23-15-20-11-7-8-12-21(20)16-24(23)30(35)25(29)17-28-32-31-26(33(28)22-13-5-2-6-14-22)18-27(36-31)19-9-3-1-4-10-19/h1-18H. The molecule has 2 heterocycles. The van der Waals surface area contributed by atoms with Crippen LogP contribution in [0.15, 0.2) is 109 Å². The highest BCUT2D eigenvalue weighted by atomic mass is 32.1. The SMILES string of the molecule is O=C1C(=Cc2nc3sc(-c4ccccc4)cc3n2-c2ccccc2)C(=O)c2cc3ccccc3cc21. The van der Waals surface area contributed by atoms with Crippen molar-refractivity contribution in [1.29, 1.82) is 0 Å². The molecule has 0 atom stereocenters. The number of aromatic nitrogens is 2. The zero-order chi connectivity index (χ0) is 24.2. The Morgan fingerprint density at radius 2 is 1.28 bits per heavy atom. The Morgan fingerprint density at radius 3 is 1.92 bits per heavy atom. The number of para-hydroxylation sites is 1. The van der Waals surface area contributed by atoms with Gasteiger partial charge in [0.2, 0.25) is 0 Å². The predicted molar refractivity (Wildman–Crippen MR) is 145 cm³/mol. The van der Waals surface area contributed by atoms with E-state index in [-0.39, 0.29) is 17.1 Å². The van der Waals surface area contributed by atoms with Crippen LogP contribution < -0.4 is 0 Å². The van der Waals surface area contributed by atoms with Crippen molar-refractivity contribution in [3.8, 4) is 16.1 Å². The second-order valence-electron chi connectivity index (χ2n) is 8.77. The van der Waals surface area contributed by atoms with Crippen LogP contribution in [-0.2, 0) is 0 Å². The van der Waals surface area contributed by atoms with Crippen LogP contribution >= 0.6 is 11.3 Å². The lowest BCUT2D eigenvalue weighted by Gasteiger charge is -2.07. The van der Waals surface area contributed by atoms with Gasteiger partial charge in [-0.15, -0.1) is 11.3 Å². The highest BCUT2D eigenvalue weighted by molar-refractivity contribution is 7.21. The third kappa shape index (κ3) is 3.17. The topological polar surface area (TPSA) is 52.0 Å². The number of fused-ring (bicyclic) bond motifs is 3. The van der Waals surface area contributed by atoms with Gasteiger partial charge >= 0.3 is 0 Å². The van der Waals surface area contributed by atoms with E-state index >= 15 is 0 Å². The maximum atomic E-state index is 13.4. The molecule has 5 heteroatoms. The number of hydrogen-bond acceptors (Lipinski definition) is 4. The van der Waals surface area contributed by atoms with Gasteiger partial charge in [-0.05, 0) is 52.7 Å². The van der Waals surface area contributed by atoms with Gasteiger partial charge in [-0.25, -0.2) is 4.98 Å². The van der Waals surface area contributed by atoms with Crippen molar-refractivity contribution in [2.45, 2.75) is 0 Å². The molecular formula is C31H18N2O2S. The van der Waals surface area contributed by atoms with Gasteiger partial charge in [0.15, 0.2) is 11.6 Å². The molecule has 0 radical (unpaired) electrons. The molecule has 0 unspecified atom stereocenters. The van der Waals surface area contributed by atoms with Crippen LogP contribution in [0.4, 0.5) is 0 Å². The summed E-state index contributed by atoms with van der Waals surface area (Å²) in [6, 6.07) is 33.6. The van der Waals surface area contributed by atoms with Crippen LogP contribution in [0.25, 0.3) is 43.3 Å². The summed E-state index contributed by atoms with van der Waals surface area (Å²) in [6.07, 6.45) is 1.65. The van der Waals surface area contributed by atoms with E-state index in [2.05, 4.69) is 18.2 Å². The van der Waals surface area contributed by atoms with E-state index in [1.165, 1.54) is 0 Å². The van der Waals surface area contributed by atoms with Gasteiger partial charge < -0.3 is 0 Å². The first-order valence-corrected chi connectivity index (χ1v) is 12.5. The number of allylic oxidation sites excluding steroid dienone is 1. The van der Waals surface area contributed by atoms with Crippen LogP contribution in [0.2, 0.25) is 0 Å². The monoisotopic (exact) mass is 482 g/mol. The summed E-state index contributed by atoms with van der Waals surface area (Å²) in [7, 11) is 0. The maximum Gasteiger partial charge on any atom is 0.197 e. The molecule has 0 spiro atoms. The summed E-state index contributed by atoms with van der Waals surface area (Å²) in [5, 5.41) is 1.89. The molecule has 0 bridgehead atoms. The quantitative estimate of drug-likeness (QED) is 0.195. The van der Waals surface area contributed by atoms with Crippen LogP contribution in [-0.4, -0.2) is 21.1 Å². The highest BCUT2D eigenvalue weighted by Crippen LogP contribution is 2.37. The van der Waals surface area contributed by atoms with Gasteiger partial charge in [0.1, 0.15) is 10.7 Å². The lowest BCUT2D eigenvalue weighted by atomic mass is 10.0. The van der Waals surface area contributed by atoms with Crippen LogP contribution in [0.5, 0.6) is 0 Å². The van der Waals surface area contributed by atoms with Crippen LogP contribution in [0.1, 0.15) is 26.5 Å². The summed E-state index contributed by atoms with van der Waals surface area (Å²) in [4.78, 5) is 33.6. The Bertz CT molecular complexity index is 1800. The number of Topliss-reactive ketones (excluding diaryl/α,β-unsaturated/α-hetero) is 2. The number of benzene rings is 4. The predicted octanol–water partition coefficient (Wildman–Crippen LogP) is 7.37. The Morgan fingerprint density at radius 1 is 0.694 bits per heavy atom. The molecule has 0 saturated heterocycles.